The van der Waals surface area contributed by atoms with Gasteiger partial charge in [-0.05, 0) is 43.2 Å². The van der Waals surface area contributed by atoms with E-state index in [-0.39, 0.29) is 11.7 Å². The lowest BCUT2D eigenvalue weighted by Gasteiger charge is -2.20. The topological polar surface area (TPSA) is 97.1 Å². The number of pyridine rings is 1. The predicted octanol–water partition coefficient (Wildman–Crippen LogP) is 2.48. The monoisotopic (exact) mass is 322 g/mol. The molecule has 24 heavy (non-hydrogen) atoms. The Kier molecular flexibility index (Phi) is 4.04. The van der Waals surface area contributed by atoms with Gasteiger partial charge in [-0.1, -0.05) is 12.1 Å². The summed E-state index contributed by atoms with van der Waals surface area (Å²) in [6.45, 7) is 3.85. The summed E-state index contributed by atoms with van der Waals surface area (Å²) >= 11 is 0. The zero-order valence-corrected chi connectivity index (χ0v) is 13.5. The van der Waals surface area contributed by atoms with E-state index < -0.39 is 10.9 Å². The first-order valence-electron chi connectivity index (χ1n) is 7.60. The second kappa shape index (κ2) is 6.16. The summed E-state index contributed by atoms with van der Waals surface area (Å²) in [5, 5.41) is 6.07. The van der Waals surface area contributed by atoms with Crippen LogP contribution in [0.1, 0.15) is 24.1 Å². The third-order valence-corrected chi connectivity index (χ3v) is 4.02. The van der Waals surface area contributed by atoms with Crippen molar-refractivity contribution >= 4 is 22.7 Å². The normalized spacial score (nSPS) is 12.1. The van der Waals surface area contributed by atoms with Gasteiger partial charge in [-0.3, -0.25) is 14.6 Å². The van der Waals surface area contributed by atoms with Crippen LogP contribution < -0.4 is 27.2 Å². The summed E-state index contributed by atoms with van der Waals surface area (Å²) in [6, 6.07) is 9.05. The Hall–Kier alpha value is -3.15. The number of nitrogens with one attached hydrogen (secondary N) is 2. The Morgan fingerprint density at radius 1 is 1.04 bits per heavy atom. The van der Waals surface area contributed by atoms with E-state index in [1.54, 1.807) is 24.5 Å². The number of nitrogens with two attached hydrogens (primary N) is 1. The molecule has 0 aliphatic heterocycles. The molecule has 1 heterocycles. The number of aromatic nitrogens is 1. The lowest BCUT2D eigenvalue weighted by atomic mass is 10.0. The van der Waals surface area contributed by atoms with E-state index in [0.29, 0.717) is 17.1 Å². The second-order valence-electron chi connectivity index (χ2n) is 5.75. The molecule has 4 N–H and O–H groups in total. The van der Waals surface area contributed by atoms with Crippen LogP contribution in [0.15, 0.2) is 52.3 Å². The van der Waals surface area contributed by atoms with Crippen LogP contribution in [0.2, 0.25) is 0 Å². The first kappa shape index (κ1) is 15.7. The molecule has 1 unspecified atom stereocenters. The van der Waals surface area contributed by atoms with Crippen molar-refractivity contribution < 1.29 is 0 Å². The van der Waals surface area contributed by atoms with Gasteiger partial charge in [-0.25, -0.2) is 0 Å². The Morgan fingerprint density at radius 2 is 1.71 bits per heavy atom. The van der Waals surface area contributed by atoms with Gasteiger partial charge in [0, 0.05) is 29.8 Å². The summed E-state index contributed by atoms with van der Waals surface area (Å²) in [7, 11) is 0. The van der Waals surface area contributed by atoms with Crippen molar-refractivity contribution in [2.24, 2.45) is 0 Å². The second-order valence-corrected chi connectivity index (χ2v) is 5.75. The average Bonchev–Trinajstić information content (AvgIpc) is 2.60. The SMILES string of the molecule is Cc1ccc(C(C)Nc2c(Nc3ccncc3)c(=O)c2=O)cc1N. The van der Waals surface area contributed by atoms with Crippen LogP contribution in [0.3, 0.4) is 0 Å². The van der Waals surface area contributed by atoms with Crippen molar-refractivity contribution in [2.75, 3.05) is 16.4 Å². The maximum Gasteiger partial charge on any atom is 0.253 e. The van der Waals surface area contributed by atoms with E-state index in [9.17, 15) is 9.59 Å². The lowest BCUT2D eigenvalue weighted by molar-refractivity contribution is 0.880. The Balaban J connectivity index is 1.83. The van der Waals surface area contributed by atoms with Crippen LogP contribution >= 0.6 is 0 Å². The zero-order chi connectivity index (χ0) is 17.3. The summed E-state index contributed by atoms with van der Waals surface area (Å²) in [4.78, 5) is 27.7. The van der Waals surface area contributed by atoms with Gasteiger partial charge in [-0.2, -0.15) is 0 Å². The van der Waals surface area contributed by atoms with Gasteiger partial charge in [0.2, 0.25) is 0 Å². The molecule has 0 amide bonds. The number of nitrogen functional groups attached to an aromatic ring is 1. The predicted molar refractivity (Wildman–Crippen MR) is 96.5 cm³/mol. The van der Waals surface area contributed by atoms with Crippen molar-refractivity contribution in [1.82, 2.24) is 4.98 Å². The molecular weight excluding hydrogens is 304 g/mol. The molecule has 0 saturated carbocycles. The smallest absolute Gasteiger partial charge is 0.253 e. The highest BCUT2D eigenvalue weighted by molar-refractivity contribution is 5.78. The average molecular weight is 322 g/mol. The number of anilines is 4. The fourth-order valence-electron chi connectivity index (χ4n) is 2.46. The van der Waals surface area contributed by atoms with Gasteiger partial charge in [0.25, 0.3) is 10.9 Å². The molecule has 1 aromatic heterocycles. The molecule has 0 fully saturated rings. The molecule has 2 aromatic carbocycles. The molecule has 6 nitrogen and oxygen atoms in total. The van der Waals surface area contributed by atoms with Crippen LogP contribution in [0, 0.1) is 6.92 Å². The molecular formula is C18H18N4O2. The number of aryl methyl sites for hydroxylation is 1. The van der Waals surface area contributed by atoms with Crippen molar-refractivity contribution in [1.29, 1.82) is 0 Å². The summed E-state index contributed by atoms with van der Waals surface area (Å²) in [6.07, 6.45) is 3.22. The molecule has 6 heteroatoms. The molecule has 122 valence electrons. The minimum atomic E-state index is -0.523. The first-order valence-corrected chi connectivity index (χ1v) is 7.60. The van der Waals surface area contributed by atoms with Crippen molar-refractivity contribution in [3.05, 3.63) is 74.3 Å². The molecule has 0 spiro atoms. The van der Waals surface area contributed by atoms with E-state index in [2.05, 4.69) is 15.6 Å². The Labute approximate surface area is 139 Å². The number of benzene rings is 1. The van der Waals surface area contributed by atoms with Gasteiger partial charge in [0.15, 0.2) is 0 Å². The summed E-state index contributed by atoms with van der Waals surface area (Å²) < 4.78 is 0. The largest absolute Gasteiger partial charge is 0.399 e. The molecule has 3 rings (SSSR count). The van der Waals surface area contributed by atoms with E-state index in [4.69, 9.17) is 5.73 Å². The quantitative estimate of drug-likeness (QED) is 0.493. The Bertz CT molecular complexity index is 944. The summed E-state index contributed by atoms with van der Waals surface area (Å²) in [5.41, 5.74) is 8.81. The minimum absolute atomic E-state index is 0.158. The molecule has 1 atom stereocenters. The first-order chi connectivity index (χ1) is 11.5. The van der Waals surface area contributed by atoms with E-state index in [1.165, 1.54) is 0 Å². The highest BCUT2D eigenvalue weighted by Crippen LogP contribution is 2.26. The fraction of sp³-hybridized carbons (Fsp3) is 0.167. The molecule has 0 radical (unpaired) electrons. The molecule has 0 aliphatic carbocycles. The standard InChI is InChI=1S/C18H18N4O2/c1-10-3-4-12(9-14(10)19)11(2)21-15-16(18(24)17(15)23)22-13-5-7-20-8-6-13/h3-9,11,21H,19H2,1-2H3,(H,20,22). The number of rotatable bonds is 5. The van der Waals surface area contributed by atoms with Crippen LogP contribution in [0.5, 0.6) is 0 Å². The highest BCUT2D eigenvalue weighted by Gasteiger charge is 2.22. The van der Waals surface area contributed by atoms with Crippen molar-refractivity contribution in [3.8, 4) is 0 Å². The molecule has 0 saturated heterocycles. The third kappa shape index (κ3) is 2.86. The van der Waals surface area contributed by atoms with Crippen molar-refractivity contribution in [3.63, 3.8) is 0 Å². The minimum Gasteiger partial charge on any atom is -0.399 e. The summed E-state index contributed by atoms with van der Waals surface area (Å²) in [5.74, 6) is 0. The van der Waals surface area contributed by atoms with Crippen molar-refractivity contribution in [2.45, 2.75) is 19.9 Å². The molecule has 3 aromatic rings. The number of nitrogens with zero attached hydrogens (tertiary/aromatic N) is 1. The fourth-order valence-corrected chi connectivity index (χ4v) is 2.46. The number of hydrogen-bond donors (Lipinski definition) is 3. The number of hydrogen-bond acceptors (Lipinski definition) is 6. The van der Waals surface area contributed by atoms with Crippen LogP contribution in [-0.4, -0.2) is 4.98 Å². The molecule has 0 bridgehead atoms. The van der Waals surface area contributed by atoms with Gasteiger partial charge in [-0.15, -0.1) is 0 Å². The van der Waals surface area contributed by atoms with Crippen LogP contribution in [0.25, 0.3) is 0 Å². The maximum atomic E-state index is 11.9. The zero-order valence-electron chi connectivity index (χ0n) is 13.5. The van der Waals surface area contributed by atoms with Crippen LogP contribution in [0.4, 0.5) is 22.7 Å². The van der Waals surface area contributed by atoms with E-state index in [0.717, 1.165) is 11.1 Å². The van der Waals surface area contributed by atoms with Gasteiger partial charge in [0.1, 0.15) is 11.4 Å². The Morgan fingerprint density at radius 3 is 2.38 bits per heavy atom. The third-order valence-electron chi connectivity index (χ3n) is 4.02. The maximum absolute atomic E-state index is 11.9. The van der Waals surface area contributed by atoms with E-state index >= 15 is 0 Å². The highest BCUT2D eigenvalue weighted by atomic mass is 16.2. The molecule has 0 aliphatic rings. The van der Waals surface area contributed by atoms with E-state index in [1.807, 2.05) is 32.0 Å². The van der Waals surface area contributed by atoms with Gasteiger partial charge in [0.05, 0.1) is 0 Å². The van der Waals surface area contributed by atoms with Crippen LogP contribution in [-0.2, 0) is 0 Å². The van der Waals surface area contributed by atoms with Gasteiger partial charge < -0.3 is 16.4 Å². The lowest BCUT2D eigenvalue weighted by Crippen LogP contribution is -2.37. The van der Waals surface area contributed by atoms with Gasteiger partial charge >= 0.3 is 0 Å².